The van der Waals surface area contributed by atoms with Gasteiger partial charge in [0.2, 0.25) is 0 Å². The number of carbonyl (C=O) groups is 1. The van der Waals surface area contributed by atoms with Crippen LogP contribution in [0.5, 0.6) is 0 Å². The van der Waals surface area contributed by atoms with Crippen LogP contribution in [0.4, 0.5) is 10.2 Å². The van der Waals surface area contributed by atoms with E-state index < -0.39 is 11.7 Å². The highest BCUT2D eigenvalue weighted by Crippen LogP contribution is 2.21. The van der Waals surface area contributed by atoms with E-state index in [0.29, 0.717) is 0 Å². The number of halogens is 1. The first-order chi connectivity index (χ1) is 10.6. The predicted octanol–water partition coefficient (Wildman–Crippen LogP) is 1.70. The summed E-state index contributed by atoms with van der Waals surface area (Å²) in [6, 6.07) is 4.28. The van der Waals surface area contributed by atoms with Gasteiger partial charge in [0.15, 0.2) is 11.6 Å². The number of hydrogen-bond donors (Lipinski definition) is 3. The first kappa shape index (κ1) is 14.1. The average Bonchev–Trinajstić information content (AvgIpc) is 2.97. The first-order valence-corrected chi connectivity index (χ1v) is 6.86. The second-order valence-electron chi connectivity index (χ2n) is 5.02. The molecule has 1 aliphatic rings. The van der Waals surface area contributed by atoms with Gasteiger partial charge in [-0.15, -0.1) is 0 Å². The molecule has 0 saturated carbocycles. The minimum absolute atomic E-state index is 0.0792. The van der Waals surface area contributed by atoms with Crippen molar-refractivity contribution in [3.8, 4) is 0 Å². The van der Waals surface area contributed by atoms with Gasteiger partial charge in [0.1, 0.15) is 5.49 Å². The number of anilines is 1. The lowest BCUT2D eigenvalue weighted by molar-refractivity contribution is 0.102. The molecule has 3 N–H and O–H groups in total. The number of nitrogens with one attached hydrogen (secondary N) is 3. The van der Waals surface area contributed by atoms with Crippen molar-refractivity contribution in [2.24, 2.45) is 0 Å². The molecule has 2 aromatic heterocycles. The molecule has 1 amide bonds. The van der Waals surface area contributed by atoms with Crippen LogP contribution in [0.25, 0.3) is 0 Å². The Hall–Kier alpha value is -2.83. The van der Waals surface area contributed by atoms with Crippen molar-refractivity contribution in [2.75, 3.05) is 5.32 Å². The molecule has 2 heterocycles. The van der Waals surface area contributed by atoms with Crippen molar-refractivity contribution in [2.45, 2.75) is 19.3 Å². The quantitative estimate of drug-likeness (QED) is 0.594. The van der Waals surface area contributed by atoms with Gasteiger partial charge in [-0.1, -0.05) is 0 Å². The fourth-order valence-corrected chi connectivity index (χ4v) is 2.66. The second kappa shape index (κ2) is 5.51. The monoisotopic (exact) mass is 299 g/mol. The largest absolute Gasteiger partial charge is 0.304 e. The molecular formula is C15H14FN5O. The van der Waals surface area contributed by atoms with E-state index in [9.17, 15) is 9.18 Å². The average molecular weight is 299 g/mol. The lowest BCUT2D eigenvalue weighted by Gasteiger charge is -2.12. The Labute approximate surface area is 125 Å². The zero-order valence-corrected chi connectivity index (χ0v) is 11.7. The fraction of sp³-hybridized carbons (Fsp3) is 0.200. The number of pyridine rings is 2. The summed E-state index contributed by atoms with van der Waals surface area (Å²) >= 11 is 0. The normalized spacial score (nSPS) is 12.8. The standard InChI is InChI=1S/C15H14FN5O/c16-11-4-2-6-19-14(11)20-15(22)10-7-9-3-1-5-12(9)21(8-17)13(10)18/h2,4,6-8,17-18H,1,3,5H2,(H,19,20,22). The van der Waals surface area contributed by atoms with E-state index >= 15 is 0 Å². The molecule has 0 radical (unpaired) electrons. The maximum absolute atomic E-state index is 13.6. The topological polar surface area (TPSA) is 94.6 Å². The summed E-state index contributed by atoms with van der Waals surface area (Å²) in [5.41, 5.74) is 1.87. The molecule has 0 unspecified atom stereocenters. The fourth-order valence-electron chi connectivity index (χ4n) is 2.66. The van der Waals surface area contributed by atoms with Gasteiger partial charge in [-0.25, -0.2) is 9.37 Å². The Morgan fingerprint density at radius 2 is 2.27 bits per heavy atom. The summed E-state index contributed by atoms with van der Waals surface area (Å²) < 4.78 is 15.0. The summed E-state index contributed by atoms with van der Waals surface area (Å²) in [5.74, 6) is -1.41. The smallest absolute Gasteiger partial charge is 0.260 e. The Bertz CT molecular complexity index is 827. The van der Waals surface area contributed by atoms with Crippen molar-refractivity contribution in [3.05, 3.63) is 52.5 Å². The summed E-state index contributed by atoms with van der Waals surface area (Å²) in [4.78, 5) is 16.1. The number of aromatic nitrogens is 2. The molecule has 0 atom stereocenters. The summed E-state index contributed by atoms with van der Waals surface area (Å²) in [7, 11) is 0. The van der Waals surface area contributed by atoms with Gasteiger partial charge in [-0.2, -0.15) is 0 Å². The van der Waals surface area contributed by atoms with Crippen molar-refractivity contribution < 1.29 is 9.18 Å². The highest BCUT2D eigenvalue weighted by Gasteiger charge is 2.20. The maximum Gasteiger partial charge on any atom is 0.260 e. The number of carbonyl (C=O) groups excluding carboxylic acids is 1. The second-order valence-corrected chi connectivity index (χ2v) is 5.02. The molecule has 0 saturated heterocycles. The molecular weight excluding hydrogens is 285 g/mol. The molecule has 0 aromatic carbocycles. The van der Waals surface area contributed by atoms with Crippen LogP contribution in [0.15, 0.2) is 24.4 Å². The van der Waals surface area contributed by atoms with Crippen LogP contribution in [0.3, 0.4) is 0 Å². The molecule has 1 aliphatic carbocycles. The Morgan fingerprint density at radius 1 is 1.45 bits per heavy atom. The van der Waals surface area contributed by atoms with E-state index in [4.69, 9.17) is 10.8 Å². The molecule has 0 spiro atoms. The number of rotatable bonds is 3. The zero-order valence-electron chi connectivity index (χ0n) is 11.7. The third kappa shape index (κ3) is 2.30. The molecule has 7 heteroatoms. The van der Waals surface area contributed by atoms with Crippen LogP contribution in [-0.2, 0) is 12.8 Å². The van der Waals surface area contributed by atoms with Crippen molar-refractivity contribution in [3.63, 3.8) is 0 Å². The van der Waals surface area contributed by atoms with Crippen LogP contribution in [0.1, 0.15) is 28.0 Å². The molecule has 22 heavy (non-hydrogen) atoms. The van der Waals surface area contributed by atoms with Crippen LogP contribution >= 0.6 is 0 Å². The van der Waals surface area contributed by atoms with Crippen LogP contribution < -0.4 is 10.8 Å². The Balaban J connectivity index is 2.02. The number of nitrogens with zero attached hydrogens (tertiary/aromatic N) is 2. The molecule has 0 bridgehead atoms. The lowest BCUT2D eigenvalue weighted by Crippen LogP contribution is -2.31. The maximum atomic E-state index is 13.6. The zero-order chi connectivity index (χ0) is 15.7. The van der Waals surface area contributed by atoms with E-state index in [1.54, 1.807) is 6.07 Å². The van der Waals surface area contributed by atoms with E-state index in [1.165, 1.54) is 22.9 Å². The van der Waals surface area contributed by atoms with Gasteiger partial charge < -0.3 is 5.32 Å². The van der Waals surface area contributed by atoms with E-state index in [1.807, 2.05) is 0 Å². The van der Waals surface area contributed by atoms with Gasteiger partial charge >= 0.3 is 0 Å². The highest BCUT2D eigenvalue weighted by atomic mass is 19.1. The molecule has 0 aliphatic heterocycles. The SMILES string of the molecule is N=Cn1c2c(cc(C(=O)Nc3ncccc3F)c1=N)CCC2. The van der Waals surface area contributed by atoms with Gasteiger partial charge in [0, 0.05) is 11.9 Å². The number of fused-ring (bicyclic) bond motifs is 1. The number of hydrogen-bond acceptors (Lipinski definition) is 4. The van der Waals surface area contributed by atoms with Gasteiger partial charge in [-0.3, -0.25) is 20.2 Å². The highest BCUT2D eigenvalue weighted by molar-refractivity contribution is 6.03. The third-order valence-corrected chi connectivity index (χ3v) is 3.70. The van der Waals surface area contributed by atoms with Crippen molar-refractivity contribution in [1.82, 2.24) is 9.55 Å². The molecule has 0 fully saturated rings. The van der Waals surface area contributed by atoms with Gasteiger partial charge in [-0.05, 0) is 43.0 Å². The van der Waals surface area contributed by atoms with Gasteiger partial charge in [0.05, 0.1) is 11.9 Å². The van der Waals surface area contributed by atoms with Crippen molar-refractivity contribution >= 4 is 18.1 Å². The third-order valence-electron chi connectivity index (χ3n) is 3.70. The van der Waals surface area contributed by atoms with Crippen molar-refractivity contribution in [1.29, 1.82) is 10.8 Å². The molecule has 3 rings (SSSR count). The predicted molar refractivity (Wildman–Crippen MR) is 78.6 cm³/mol. The Morgan fingerprint density at radius 3 is 3.00 bits per heavy atom. The number of aryl methyl sites for hydroxylation is 1. The number of amides is 1. The van der Waals surface area contributed by atoms with Crippen LogP contribution in [0.2, 0.25) is 0 Å². The molecule has 6 nitrogen and oxygen atoms in total. The minimum Gasteiger partial charge on any atom is -0.304 e. The van der Waals surface area contributed by atoms with Gasteiger partial charge in [0.25, 0.3) is 5.91 Å². The lowest BCUT2D eigenvalue weighted by atomic mass is 10.1. The van der Waals surface area contributed by atoms with E-state index in [0.717, 1.165) is 36.9 Å². The summed E-state index contributed by atoms with van der Waals surface area (Å²) in [5, 5.41) is 17.9. The summed E-state index contributed by atoms with van der Waals surface area (Å²) in [6.07, 6.45) is 4.93. The molecule has 2 aromatic rings. The van der Waals surface area contributed by atoms with Crippen LogP contribution in [-0.4, -0.2) is 21.8 Å². The van der Waals surface area contributed by atoms with E-state index in [-0.39, 0.29) is 16.9 Å². The van der Waals surface area contributed by atoms with Crippen LogP contribution in [0, 0.1) is 16.6 Å². The minimum atomic E-state index is -0.636. The molecule has 112 valence electrons. The Kier molecular flexibility index (Phi) is 3.54. The van der Waals surface area contributed by atoms with E-state index in [2.05, 4.69) is 10.3 Å². The first-order valence-electron chi connectivity index (χ1n) is 6.86. The summed E-state index contributed by atoms with van der Waals surface area (Å²) in [6.45, 7) is 0.